The van der Waals surface area contributed by atoms with Crippen molar-refractivity contribution in [1.82, 2.24) is 25.2 Å². The Kier molecular flexibility index (Phi) is 7.57. The highest BCUT2D eigenvalue weighted by Gasteiger charge is 2.23. The zero-order valence-corrected chi connectivity index (χ0v) is 19.4. The van der Waals surface area contributed by atoms with Gasteiger partial charge in [-0.1, -0.05) is 36.4 Å². The lowest BCUT2D eigenvalue weighted by molar-refractivity contribution is -0.384. The molecular weight excluding hydrogens is 440 g/mol. The molecule has 1 atom stereocenters. The third-order valence-corrected chi connectivity index (χ3v) is 5.25. The van der Waals surface area contributed by atoms with Crippen molar-refractivity contribution in [2.75, 3.05) is 20.7 Å². The summed E-state index contributed by atoms with van der Waals surface area (Å²) in [6.07, 6.45) is 0.561. The van der Waals surface area contributed by atoms with Gasteiger partial charge in [-0.3, -0.25) is 19.7 Å². The molecule has 11 nitrogen and oxygen atoms in total. The maximum atomic E-state index is 13.1. The number of nitrogens with one attached hydrogen (secondary N) is 1. The van der Waals surface area contributed by atoms with Crippen molar-refractivity contribution in [3.05, 3.63) is 75.6 Å². The van der Waals surface area contributed by atoms with Gasteiger partial charge in [-0.25, -0.2) is 4.68 Å². The second-order valence-electron chi connectivity index (χ2n) is 7.76. The number of aromatic nitrogens is 3. The summed E-state index contributed by atoms with van der Waals surface area (Å²) < 4.78 is 7.10. The van der Waals surface area contributed by atoms with Crippen molar-refractivity contribution in [3.63, 3.8) is 0 Å². The average molecular weight is 466 g/mol. The van der Waals surface area contributed by atoms with E-state index in [1.807, 2.05) is 19.1 Å². The number of carbonyl (C=O) groups excluding carboxylic acids is 2. The van der Waals surface area contributed by atoms with Gasteiger partial charge in [-0.2, -0.15) is 0 Å². The fourth-order valence-corrected chi connectivity index (χ4v) is 3.32. The van der Waals surface area contributed by atoms with Crippen LogP contribution >= 0.6 is 0 Å². The van der Waals surface area contributed by atoms with E-state index in [4.69, 9.17) is 4.74 Å². The smallest absolute Gasteiger partial charge is 0.274 e. The molecular formula is C23H26N6O5. The Labute approximate surface area is 196 Å². The van der Waals surface area contributed by atoms with Crippen molar-refractivity contribution in [2.24, 2.45) is 0 Å². The first-order valence-corrected chi connectivity index (χ1v) is 10.6. The number of nitro groups is 1. The van der Waals surface area contributed by atoms with Gasteiger partial charge in [-0.15, -0.1) is 5.10 Å². The number of non-ortho nitro benzene ring substituents is 1. The molecule has 2 aromatic carbocycles. The molecule has 0 aliphatic carbocycles. The summed E-state index contributed by atoms with van der Waals surface area (Å²) in [4.78, 5) is 37.0. The van der Waals surface area contributed by atoms with Crippen LogP contribution in [0, 0.1) is 17.0 Å². The molecule has 1 N–H and O–H groups in total. The summed E-state index contributed by atoms with van der Waals surface area (Å²) in [6.45, 7) is 3.46. The van der Waals surface area contributed by atoms with Gasteiger partial charge in [0.15, 0.2) is 12.3 Å². The quantitative estimate of drug-likeness (QED) is 0.379. The van der Waals surface area contributed by atoms with E-state index in [9.17, 15) is 19.7 Å². The molecule has 1 aromatic heterocycles. The van der Waals surface area contributed by atoms with Crippen LogP contribution in [-0.2, 0) is 4.79 Å². The van der Waals surface area contributed by atoms with E-state index in [1.165, 1.54) is 21.7 Å². The van der Waals surface area contributed by atoms with Gasteiger partial charge >= 0.3 is 0 Å². The van der Waals surface area contributed by atoms with Gasteiger partial charge in [-0.05, 0) is 25.5 Å². The Morgan fingerprint density at radius 1 is 1.21 bits per heavy atom. The molecule has 2 amide bonds. The van der Waals surface area contributed by atoms with Crippen molar-refractivity contribution < 1.29 is 19.2 Å². The molecule has 34 heavy (non-hydrogen) atoms. The first-order chi connectivity index (χ1) is 16.2. The van der Waals surface area contributed by atoms with E-state index in [-0.39, 0.29) is 23.9 Å². The van der Waals surface area contributed by atoms with Crippen LogP contribution in [0.15, 0.2) is 48.5 Å². The highest BCUT2D eigenvalue weighted by atomic mass is 16.6. The molecule has 0 aliphatic rings. The first kappa shape index (κ1) is 24.4. The molecule has 11 heteroatoms. The van der Waals surface area contributed by atoms with Crippen LogP contribution in [0.1, 0.15) is 41.1 Å². The maximum Gasteiger partial charge on any atom is 0.274 e. The van der Waals surface area contributed by atoms with Crippen molar-refractivity contribution in [2.45, 2.75) is 26.3 Å². The molecule has 0 fully saturated rings. The van der Waals surface area contributed by atoms with Crippen LogP contribution in [-0.4, -0.2) is 57.3 Å². The molecule has 0 spiro atoms. The topological polar surface area (TPSA) is 132 Å². The van der Waals surface area contributed by atoms with Gasteiger partial charge in [0, 0.05) is 31.8 Å². The second kappa shape index (κ2) is 10.6. The molecule has 0 aliphatic heterocycles. The number of carbonyl (C=O) groups is 2. The van der Waals surface area contributed by atoms with Crippen LogP contribution in [0.25, 0.3) is 5.69 Å². The van der Waals surface area contributed by atoms with Crippen LogP contribution < -0.4 is 10.1 Å². The first-order valence-electron chi connectivity index (χ1n) is 10.6. The third kappa shape index (κ3) is 5.37. The van der Waals surface area contributed by atoms with E-state index in [2.05, 4.69) is 15.6 Å². The van der Waals surface area contributed by atoms with Crippen molar-refractivity contribution in [3.8, 4) is 11.4 Å². The number of rotatable bonds is 9. The Bertz CT molecular complexity index is 1210. The molecule has 1 unspecified atom stereocenters. The zero-order chi connectivity index (χ0) is 24.8. The van der Waals surface area contributed by atoms with Crippen LogP contribution in [0.4, 0.5) is 5.69 Å². The van der Waals surface area contributed by atoms with E-state index >= 15 is 0 Å². The number of para-hydroxylation sites is 1. The summed E-state index contributed by atoms with van der Waals surface area (Å²) >= 11 is 0. The van der Waals surface area contributed by atoms with Gasteiger partial charge in [0.1, 0.15) is 5.75 Å². The lowest BCUT2D eigenvalue weighted by Gasteiger charge is -2.21. The molecule has 0 radical (unpaired) electrons. The Balaban J connectivity index is 1.81. The molecule has 3 rings (SSSR count). The van der Waals surface area contributed by atoms with Crippen LogP contribution in [0.3, 0.4) is 0 Å². The number of nitro benzene ring substituents is 1. The fourth-order valence-electron chi connectivity index (χ4n) is 3.32. The number of benzene rings is 2. The third-order valence-electron chi connectivity index (χ3n) is 5.25. The van der Waals surface area contributed by atoms with Gasteiger partial charge in [0.25, 0.3) is 17.5 Å². The lowest BCUT2D eigenvalue weighted by Crippen LogP contribution is -2.30. The highest BCUT2D eigenvalue weighted by Crippen LogP contribution is 2.28. The van der Waals surface area contributed by atoms with E-state index < -0.39 is 16.9 Å². The number of likely N-dealkylation sites (N-methyl/N-ethyl adjacent to an activating group) is 1. The van der Waals surface area contributed by atoms with Crippen molar-refractivity contribution >= 4 is 17.5 Å². The minimum absolute atomic E-state index is 0.0891. The number of hydrogen-bond acceptors (Lipinski definition) is 7. The summed E-state index contributed by atoms with van der Waals surface area (Å²) in [5.41, 5.74) is 1.61. The predicted molar refractivity (Wildman–Crippen MR) is 124 cm³/mol. The number of amides is 2. The van der Waals surface area contributed by atoms with E-state index in [1.54, 1.807) is 45.3 Å². The fraction of sp³-hybridized carbons (Fsp3) is 0.304. The normalized spacial score (nSPS) is 11.5. The van der Waals surface area contributed by atoms with E-state index in [0.717, 1.165) is 5.56 Å². The monoisotopic (exact) mass is 466 g/mol. The Hall–Kier alpha value is -4.28. The average Bonchev–Trinajstić information content (AvgIpc) is 3.22. The van der Waals surface area contributed by atoms with Crippen LogP contribution in [0.2, 0.25) is 0 Å². The zero-order valence-electron chi connectivity index (χ0n) is 19.4. The maximum absolute atomic E-state index is 13.1. The summed E-state index contributed by atoms with van der Waals surface area (Å²) in [7, 11) is 3.30. The van der Waals surface area contributed by atoms with Gasteiger partial charge in [0.2, 0.25) is 0 Å². The number of nitrogens with zero attached hydrogens (tertiary/aromatic N) is 5. The van der Waals surface area contributed by atoms with Crippen molar-refractivity contribution in [1.29, 1.82) is 0 Å². The predicted octanol–water partition coefficient (Wildman–Crippen LogP) is 2.83. The second-order valence-corrected chi connectivity index (χ2v) is 7.76. The molecule has 1 heterocycles. The highest BCUT2D eigenvalue weighted by molar-refractivity contribution is 5.93. The Morgan fingerprint density at radius 2 is 1.94 bits per heavy atom. The summed E-state index contributed by atoms with van der Waals surface area (Å²) in [6, 6.07) is 12.7. The van der Waals surface area contributed by atoms with Gasteiger partial charge < -0.3 is 15.0 Å². The van der Waals surface area contributed by atoms with E-state index in [0.29, 0.717) is 23.6 Å². The summed E-state index contributed by atoms with van der Waals surface area (Å²) in [5, 5.41) is 22.0. The van der Waals surface area contributed by atoms with Gasteiger partial charge in [0.05, 0.1) is 22.3 Å². The molecule has 0 saturated heterocycles. The molecule has 0 saturated carbocycles. The minimum atomic E-state index is -0.499. The Morgan fingerprint density at radius 3 is 2.62 bits per heavy atom. The molecule has 3 aromatic rings. The summed E-state index contributed by atoms with van der Waals surface area (Å²) in [5.74, 6) is -0.123. The largest absolute Gasteiger partial charge is 0.483 e. The number of ether oxygens (including phenoxy) is 1. The molecule has 0 bridgehead atoms. The van der Waals surface area contributed by atoms with Crippen LogP contribution in [0.5, 0.6) is 5.75 Å². The lowest BCUT2D eigenvalue weighted by atomic mass is 10.0. The standard InChI is InChI=1S/C23H26N6O5/c1-5-19(18-11-6-7-12-20(18)34-14-21(30)27(3)4)24-23(31)22-15(2)28(26-25-22)16-9-8-10-17(13-16)29(32)33/h6-13,19H,5,14H2,1-4H3,(H,24,31). The SMILES string of the molecule is CCC(NC(=O)c1nnn(-c2cccc([N+](=O)[O-])c2)c1C)c1ccccc1OCC(=O)N(C)C. The minimum Gasteiger partial charge on any atom is -0.483 e. The number of hydrogen-bond donors (Lipinski definition) is 1. The molecule has 178 valence electrons.